The quantitative estimate of drug-likeness (QED) is 0.848. The molecule has 0 bridgehead atoms. The number of hydrogen-bond acceptors (Lipinski definition) is 4. The van der Waals surface area contributed by atoms with Gasteiger partial charge < -0.3 is 4.90 Å². The Balaban J connectivity index is 2.16. The molecular weight excluding hydrogens is 248 g/mol. The van der Waals surface area contributed by atoms with Gasteiger partial charge in [0, 0.05) is 36.8 Å². The number of rotatable bonds is 4. The van der Waals surface area contributed by atoms with Crippen LogP contribution >= 0.6 is 11.3 Å². The fourth-order valence-electron chi connectivity index (χ4n) is 1.70. The molecule has 2 aromatic heterocycles. The van der Waals surface area contributed by atoms with Crippen LogP contribution in [0.4, 0.5) is 0 Å². The molecule has 0 aromatic carbocycles. The van der Waals surface area contributed by atoms with Gasteiger partial charge in [0.05, 0.1) is 11.7 Å². The summed E-state index contributed by atoms with van der Waals surface area (Å²) in [6.07, 6.45) is 3.70. The Labute approximate surface area is 110 Å². The lowest BCUT2D eigenvalue weighted by molar-refractivity contribution is 0.0685. The zero-order valence-electron chi connectivity index (χ0n) is 10.7. The van der Waals surface area contributed by atoms with Gasteiger partial charge in [-0.3, -0.25) is 9.48 Å². The van der Waals surface area contributed by atoms with Crippen LogP contribution in [0.3, 0.4) is 0 Å². The highest BCUT2D eigenvalue weighted by Gasteiger charge is 2.20. The zero-order valence-corrected chi connectivity index (χ0v) is 11.5. The molecule has 2 aromatic rings. The van der Waals surface area contributed by atoms with Crippen LogP contribution in [0.5, 0.6) is 0 Å². The Hall–Kier alpha value is -1.69. The van der Waals surface area contributed by atoms with Gasteiger partial charge in [0.2, 0.25) is 0 Å². The van der Waals surface area contributed by atoms with Crippen LogP contribution in [0.15, 0.2) is 23.3 Å². The maximum atomic E-state index is 12.3. The molecule has 0 aliphatic carbocycles. The first-order valence-corrected chi connectivity index (χ1v) is 6.69. The van der Waals surface area contributed by atoms with Crippen molar-refractivity contribution in [2.24, 2.45) is 7.05 Å². The fourth-order valence-corrected chi connectivity index (χ4v) is 2.23. The van der Waals surface area contributed by atoms with Gasteiger partial charge in [-0.05, 0) is 13.8 Å². The Kier molecular flexibility index (Phi) is 3.76. The number of hydrogen-bond donors (Lipinski definition) is 0. The van der Waals surface area contributed by atoms with Gasteiger partial charge in [-0.25, -0.2) is 4.98 Å². The predicted octanol–water partition coefficient (Wildman–Crippen LogP) is 1.93. The van der Waals surface area contributed by atoms with E-state index in [1.54, 1.807) is 26.7 Å². The Morgan fingerprint density at radius 1 is 1.56 bits per heavy atom. The number of carbonyl (C=O) groups excluding carboxylic acids is 1. The average Bonchev–Trinajstić information content (AvgIpc) is 2.95. The summed E-state index contributed by atoms with van der Waals surface area (Å²) in [6.45, 7) is 4.56. The number of carbonyl (C=O) groups is 1. The topological polar surface area (TPSA) is 51.0 Å². The van der Waals surface area contributed by atoms with E-state index in [9.17, 15) is 4.79 Å². The van der Waals surface area contributed by atoms with Crippen molar-refractivity contribution in [2.45, 2.75) is 26.4 Å². The molecule has 96 valence electrons. The lowest BCUT2D eigenvalue weighted by Gasteiger charge is -2.25. The normalized spacial score (nSPS) is 10.9. The molecule has 0 radical (unpaired) electrons. The van der Waals surface area contributed by atoms with Crippen molar-refractivity contribution < 1.29 is 4.79 Å². The third-order valence-corrected chi connectivity index (χ3v) is 3.23. The molecule has 6 heteroatoms. The highest BCUT2D eigenvalue weighted by molar-refractivity contribution is 7.07. The summed E-state index contributed by atoms with van der Waals surface area (Å²) >= 11 is 1.43. The molecule has 0 spiro atoms. The largest absolute Gasteiger partial charge is 0.330 e. The molecule has 0 unspecified atom stereocenters. The van der Waals surface area contributed by atoms with E-state index in [0.717, 1.165) is 5.56 Å². The van der Waals surface area contributed by atoms with Crippen molar-refractivity contribution in [3.8, 4) is 0 Å². The first-order valence-electron chi connectivity index (χ1n) is 5.74. The molecule has 2 rings (SSSR count). The SMILES string of the molecule is CC(C)N(Cc1cnn(C)c1)C(=O)c1cscn1. The predicted molar refractivity (Wildman–Crippen MR) is 70.3 cm³/mol. The summed E-state index contributed by atoms with van der Waals surface area (Å²) in [4.78, 5) is 18.2. The van der Waals surface area contributed by atoms with Crippen LogP contribution in [-0.4, -0.2) is 31.6 Å². The van der Waals surface area contributed by atoms with Crippen molar-refractivity contribution in [3.63, 3.8) is 0 Å². The van der Waals surface area contributed by atoms with Crippen LogP contribution < -0.4 is 0 Å². The maximum absolute atomic E-state index is 12.3. The van der Waals surface area contributed by atoms with Gasteiger partial charge in [-0.1, -0.05) is 0 Å². The lowest BCUT2D eigenvalue weighted by atomic mass is 10.2. The van der Waals surface area contributed by atoms with Crippen molar-refractivity contribution in [3.05, 3.63) is 34.5 Å². The molecule has 18 heavy (non-hydrogen) atoms. The average molecular weight is 264 g/mol. The molecule has 0 fully saturated rings. The minimum atomic E-state index is -0.0323. The van der Waals surface area contributed by atoms with Gasteiger partial charge in [-0.2, -0.15) is 5.10 Å². The lowest BCUT2D eigenvalue weighted by Crippen LogP contribution is -2.36. The molecule has 0 aliphatic heterocycles. The summed E-state index contributed by atoms with van der Waals surface area (Å²) in [7, 11) is 1.87. The van der Waals surface area contributed by atoms with E-state index < -0.39 is 0 Å². The minimum Gasteiger partial charge on any atom is -0.330 e. The highest BCUT2D eigenvalue weighted by atomic mass is 32.1. The second-order valence-electron chi connectivity index (χ2n) is 4.42. The van der Waals surface area contributed by atoms with Gasteiger partial charge in [0.1, 0.15) is 5.69 Å². The molecule has 0 aliphatic rings. The van der Waals surface area contributed by atoms with Gasteiger partial charge in [0.15, 0.2) is 0 Å². The molecule has 0 saturated heterocycles. The molecule has 5 nitrogen and oxygen atoms in total. The third-order valence-electron chi connectivity index (χ3n) is 2.65. The van der Waals surface area contributed by atoms with E-state index in [2.05, 4.69) is 10.1 Å². The second kappa shape index (κ2) is 5.30. The smallest absolute Gasteiger partial charge is 0.273 e. The summed E-state index contributed by atoms with van der Waals surface area (Å²) in [5, 5.41) is 5.89. The highest BCUT2D eigenvalue weighted by Crippen LogP contribution is 2.13. The van der Waals surface area contributed by atoms with Crippen molar-refractivity contribution in [2.75, 3.05) is 0 Å². The maximum Gasteiger partial charge on any atom is 0.273 e. The summed E-state index contributed by atoms with van der Waals surface area (Å²) < 4.78 is 1.74. The molecule has 1 amide bonds. The van der Waals surface area contributed by atoms with Gasteiger partial charge in [0.25, 0.3) is 5.91 Å². The van der Waals surface area contributed by atoms with E-state index in [0.29, 0.717) is 12.2 Å². The van der Waals surface area contributed by atoms with Crippen LogP contribution in [-0.2, 0) is 13.6 Å². The van der Waals surface area contributed by atoms with Crippen molar-refractivity contribution in [1.29, 1.82) is 0 Å². The minimum absolute atomic E-state index is 0.0323. The Morgan fingerprint density at radius 3 is 2.83 bits per heavy atom. The van der Waals surface area contributed by atoms with Gasteiger partial charge in [-0.15, -0.1) is 11.3 Å². The van der Waals surface area contributed by atoms with Crippen LogP contribution in [0.2, 0.25) is 0 Å². The monoisotopic (exact) mass is 264 g/mol. The third kappa shape index (κ3) is 2.76. The molecule has 0 atom stereocenters. The zero-order chi connectivity index (χ0) is 13.1. The first-order chi connectivity index (χ1) is 8.58. The fraction of sp³-hybridized carbons (Fsp3) is 0.417. The molecule has 0 saturated carbocycles. The van der Waals surface area contributed by atoms with Crippen LogP contribution in [0.1, 0.15) is 29.9 Å². The van der Waals surface area contributed by atoms with E-state index >= 15 is 0 Å². The van der Waals surface area contributed by atoms with Crippen molar-refractivity contribution in [1.82, 2.24) is 19.7 Å². The molecule has 0 N–H and O–H groups in total. The summed E-state index contributed by atoms with van der Waals surface area (Å²) in [6, 6.07) is 0.124. The number of aryl methyl sites for hydroxylation is 1. The van der Waals surface area contributed by atoms with Crippen LogP contribution in [0.25, 0.3) is 0 Å². The Morgan fingerprint density at radius 2 is 2.33 bits per heavy atom. The van der Waals surface area contributed by atoms with E-state index in [1.165, 1.54) is 11.3 Å². The van der Waals surface area contributed by atoms with Gasteiger partial charge >= 0.3 is 0 Å². The van der Waals surface area contributed by atoms with E-state index in [1.807, 2.05) is 27.1 Å². The first kappa shape index (κ1) is 12.8. The summed E-state index contributed by atoms with van der Waals surface area (Å²) in [5.74, 6) is -0.0323. The number of thiazole rings is 1. The number of nitrogens with zero attached hydrogens (tertiary/aromatic N) is 4. The summed E-state index contributed by atoms with van der Waals surface area (Å²) in [5.41, 5.74) is 3.21. The van der Waals surface area contributed by atoms with Crippen molar-refractivity contribution >= 4 is 17.2 Å². The number of aromatic nitrogens is 3. The second-order valence-corrected chi connectivity index (χ2v) is 5.14. The van der Waals surface area contributed by atoms with Crippen LogP contribution in [0, 0.1) is 0 Å². The molecule has 2 heterocycles. The van der Waals surface area contributed by atoms with E-state index in [-0.39, 0.29) is 11.9 Å². The standard InChI is InChI=1S/C12H16N4OS/c1-9(2)16(6-10-4-14-15(3)5-10)12(17)11-7-18-8-13-11/h4-5,7-9H,6H2,1-3H3. The van der Waals surface area contributed by atoms with E-state index in [4.69, 9.17) is 0 Å². The number of amides is 1. The molecular formula is C12H16N4OS. The Bertz CT molecular complexity index is 518.